The molecule has 0 spiro atoms. The third-order valence-corrected chi connectivity index (χ3v) is 10.4. The van der Waals surface area contributed by atoms with E-state index in [0.29, 0.717) is 29.6 Å². The van der Waals surface area contributed by atoms with Crippen LogP contribution in [0.15, 0.2) is 29.3 Å². The molecule has 212 valence electrons. The van der Waals surface area contributed by atoms with Gasteiger partial charge in [-0.25, -0.2) is 18.4 Å². The molecule has 14 heteroatoms. The van der Waals surface area contributed by atoms with E-state index in [0.717, 1.165) is 36.7 Å². The smallest absolute Gasteiger partial charge is 0.377 e. The maximum atomic E-state index is 14.1. The van der Waals surface area contributed by atoms with Gasteiger partial charge in [-0.2, -0.15) is 13.2 Å². The molecule has 40 heavy (non-hydrogen) atoms. The fourth-order valence-corrected chi connectivity index (χ4v) is 8.05. The number of fused-ring (bicyclic) bond motifs is 2. The second kappa shape index (κ2) is 10.1. The highest BCUT2D eigenvalue weighted by Crippen LogP contribution is 2.42. The number of carbonyl (C=O) groups excluding carboxylic acids is 1. The minimum absolute atomic E-state index is 0.00208. The van der Waals surface area contributed by atoms with Gasteiger partial charge in [0, 0.05) is 25.0 Å². The van der Waals surface area contributed by atoms with E-state index in [1.807, 2.05) is 13.0 Å². The van der Waals surface area contributed by atoms with Crippen molar-refractivity contribution < 1.29 is 31.1 Å². The summed E-state index contributed by atoms with van der Waals surface area (Å²) in [4.78, 5) is 22.5. The fourth-order valence-electron chi connectivity index (χ4n) is 5.13. The van der Waals surface area contributed by atoms with Gasteiger partial charge in [-0.3, -0.25) is 4.79 Å². The number of thiophene rings is 1. The topological polar surface area (TPSA) is 114 Å². The summed E-state index contributed by atoms with van der Waals surface area (Å²) in [6.45, 7) is 4.14. The predicted octanol–water partition coefficient (Wildman–Crippen LogP) is 3.80. The van der Waals surface area contributed by atoms with Crippen LogP contribution in [0.1, 0.15) is 38.8 Å². The van der Waals surface area contributed by atoms with Gasteiger partial charge in [0.1, 0.15) is 10.4 Å². The molecule has 3 aromatic rings. The first kappa shape index (κ1) is 27.1. The maximum Gasteiger partial charge on any atom is 0.420 e. The van der Waals surface area contributed by atoms with Crippen LogP contribution in [0, 0.1) is 0 Å². The highest BCUT2D eigenvalue weighted by atomic mass is 32.2. The Bertz CT molecular complexity index is 1600. The van der Waals surface area contributed by atoms with Crippen LogP contribution in [0.2, 0.25) is 0 Å². The lowest BCUT2D eigenvalue weighted by atomic mass is 9.96. The quantitative estimate of drug-likeness (QED) is 0.460. The third kappa shape index (κ3) is 4.86. The first-order valence-corrected chi connectivity index (χ1v) is 15.3. The van der Waals surface area contributed by atoms with E-state index in [4.69, 9.17) is 4.74 Å². The van der Waals surface area contributed by atoms with Crippen LogP contribution in [0.3, 0.4) is 0 Å². The van der Waals surface area contributed by atoms with Crippen molar-refractivity contribution in [3.05, 3.63) is 51.5 Å². The number of nitrogens with one attached hydrogen (secondary N) is 2. The van der Waals surface area contributed by atoms with E-state index >= 15 is 0 Å². The largest absolute Gasteiger partial charge is 0.420 e. The number of anilines is 2. The van der Waals surface area contributed by atoms with Crippen LogP contribution in [-0.4, -0.2) is 67.3 Å². The summed E-state index contributed by atoms with van der Waals surface area (Å²) in [5.41, 5.74) is 2.38. The van der Waals surface area contributed by atoms with Crippen molar-refractivity contribution in [1.29, 1.82) is 0 Å². The number of rotatable bonds is 5. The molecule has 2 aromatic heterocycles. The third-order valence-electron chi connectivity index (χ3n) is 7.42. The number of halogens is 3. The molecule has 1 saturated heterocycles. The van der Waals surface area contributed by atoms with Crippen molar-refractivity contribution in [1.82, 2.24) is 20.2 Å². The molecule has 1 aromatic carbocycles. The fraction of sp³-hybridized carbons (Fsp3) is 0.423. The highest BCUT2D eigenvalue weighted by Gasteiger charge is 2.41. The van der Waals surface area contributed by atoms with Gasteiger partial charge in [0.05, 0.1) is 40.5 Å². The van der Waals surface area contributed by atoms with Crippen molar-refractivity contribution in [2.75, 3.05) is 37.4 Å². The number of ether oxygens (including phenoxy) is 1. The predicted molar refractivity (Wildman–Crippen MR) is 143 cm³/mol. The van der Waals surface area contributed by atoms with Crippen LogP contribution in [0.4, 0.5) is 24.8 Å². The number of aromatic nitrogens is 2. The Morgan fingerprint density at radius 3 is 2.73 bits per heavy atom. The average Bonchev–Trinajstić information content (AvgIpc) is 3.32. The number of hydrogen-bond donors (Lipinski definition) is 2. The first-order chi connectivity index (χ1) is 19.0. The van der Waals surface area contributed by atoms with E-state index < -0.39 is 33.2 Å². The van der Waals surface area contributed by atoms with E-state index in [9.17, 15) is 26.4 Å². The summed E-state index contributed by atoms with van der Waals surface area (Å²) in [5.74, 6) is -0.912. The summed E-state index contributed by atoms with van der Waals surface area (Å²) >= 11 is 0.703. The summed E-state index contributed by atoms with van der Waals surface area (Å²) in [6.07, 6.45) is -2.61. The Kier molecular flexibility index (Phi) is 6.84. The second-order valence-electron chi connectivity index (χ2n) is 9.95. The lowest BCUT2D eigenvalue weighted by molar-refractivity contribution is -0.137. The summed E-state index contributed by atoms with van der Waals surface area (Å²) < 4.78 is 73.6. The molecular weight excluding hydrogens is 567 g/mol. The van der Waals surface area contributed by atoms with E-state index in [2.05, 4.69) is 26.7 Å². The van der Waals surface area contributed by atoms with Gasteiger partial charge >= 0.3 is 6.18 Å². The SMILES string of the molecule is CCc1cc2c(cc1Nc1ncc(C(F)(F)F)c(-c3cc4c(s3)C(=O)N(C3COC3)CCS4(=O)=O)n1)CCNC2. The highest BCUT2D eigenvalue weighted by molar-refractivity contribution is 7.91. The Morgan fingerprint density at radius 1 is 1.23 bits per heavy atom. The Hall–Kier alpha value is -3.07. The van der Waals surface area contributed by atoms with Gasteiger partial charge in [-0.05, 0) is 48.2 Å². The van der Waals surface area contributed by atoms with Crippen LogP contribution in [0.5, 0.6) is 0 Å². The van der Waals surface area contributed by atoms with Gasteiger partial charge in [0.25, 0.3) is 5.91 Å². The van der Waals surface area contributed by atoms with Crippen molar-refractivity contribution in [2.45, 2.75) is 43.4 Å². The molecule has 0 bridgehead atoms. The molecular formula is C26H26F3N5O4S2. The molecule has 6 rings (SSSR count). The summed E-state index contributed by atoms with van der Waals surface area (Å²) in [6, 6.07) is 4.92. The normalized spacial score (nSPS) is 19.0. The van der Waals surface area contributed by atoms with Crippen LogP contribution < -0.4 is 10.6 Å². The summed E-state index contributed by atoms with van der Waals surface area (Å²) in [7, 11) is -3.91. The zero-order valence-electron chi connectivity index (χ0n) is 21.5. The molecule has 0 unspecified atom stereocenters. The number of carbonyl (C=O) groups is 1. The minimum Gasteiger partial charge on any atom is -0.377 e. The van der Waals surface area contributed by atoms with Gasteiger partial charge < -0.3 is 20.3 Å². The number of aryl methyl sites for hydroxylation is 1. The molecule has 1 fully saturated rings. The number of nitrogens with zero attached hydrogens (tertiary/aromatic N) is 3. The molecule has 1 amide bonds. The zero-order chi connectivity index (χ0) is 28.2. The molecule has 3 aliphatic heterocycles. The number of benzene rings is 1. The Morgan fingerprint density at radius 2 is 2.02 bits per heavy atom. The van der Waals surface area contributed by atoms with Crippen LogP contribution in [0.25, 0.3) is 10.6 Å². The van der Waals surface area contributed by atoms with E-state index in [-0.39, 0.29) is 52.2 Å². The molecule has 5 heterocycles. The van der Waals surface area contributed by atoms with Gasteiger partial charge in [0.15, 0.2) is 9.84 Å². The van der Waals surface area contributed by atoms with E-state index in [1.165, 1.54) is 10.5 Å². The molecule has 0 atom stereocenters. The number of sulfone groups is 1. The Balaban J connectivity index is 1.43. The van der Waals surface area contributed by atoms with Crippen molar-refractivity contribution >= 4 is 38.7 Å². The minimum atomic E-state index is -4.80. The molecule has 9 nitrogen and oxygen atoms in total. The Labute approximate surface area is 232 Å². The number of alkyl halides is 3. The van der Waals surface area contributed by atoms with Gasteiger partial charge in [0.2, 0.25) is 5.95 Å². The zero-order valence-corrected chi connectivity index (χ0v) is 23.1. The van der Waals surface area contributed by atoms with Crippen molar-refractivity contribution in [3.8, 4) is 10.6 Å². The van der Waals surface area contributed by atoms with E-state index in [1.54, 1.807) is 0 Å². The molecule has 0 aliphatic carbocycles. The standard InChI is InChI=1S/C26H26F3N5O4S2/c1-2-14-7-16-10-30-4-3-15(16)8-19(14)32-25-31-11-18(26(27,28)29)22(33-25)20-9-21-23(39-20)24(35)34(17-12-38-13-17)5-6-40(21,36)37/h7-9,11,17,30H,2-6,10,12-13H2,1H3,(H,31,32,33). The molecule has 3 aliphatic rings. The number of hydrogen-bond acceptors (Lipinski definition) is 9. The lowest BCUT2D eigenvalue weighted by Gasteiger charge is -2.36. The lowest BCUT2D eigenvalue weighted by Crippen LogP contribution is -2.52. The summed E-state index contributed by atoms with van der Waals surface area (Å²) in [5, 5.41) is 6.41. The molecule has 0 saturated carbocycles. The van der Waals surface area contributed by atoms with Crippen molar-refractivity contribution in [3.63, 3.8) is 0 Å². The van der Waals surface area contributed by atoms with Crippen molar-refractivity contribution in [2.24, 2.45) is 0 Å². The monoisotopic (exact) mass is 593 g/mol. The van der Waals surface area contributed by atoms with Crippen LogP contribution >= 0.6 is 11.3 Å². The average molecular weight is 594 g/mol. The van der Waals surface area contributed by atoms with Gasteiger partial charge in [-0.1, -0.05) is 13.0 Å². The number of amides is 1. The first-order valence-electron chi connectivity index (χ1n) is 12.9. The van der Waals surface area contributed by atoms with Crippen LogP contribution in [-0.2, 0) is 40.1 Å². The maximum absolute atomic E-state index is 14.1. The van der Waals surface area contributed by atoms with Gasteiger partial charge in [-0.15, -0.1) is 11.3 Å². The second-order valence-corrected chi connectivity index (χ2v) is 13.1. The molecule has 0 radical (unpaired) electrons. The molecule has 2 N–H and O–H groups in total.